The number of aryl methyl sites for hydroxylation is 1. The molecule has 0 aliphatic heterocycles. The fraction of sp³-hybridized carbons (Fsp3) is 0.143. The molecule has 0 saturated heterocycles. The van der Waals surface area contributed by atoms with E-state index in [9.17, 15) is 9.90 Å². The molecule has 0 spiro atoms. The number of phenolic OH excluding ortho intramolecular Hbond substituents is 1. The van der Waals surface area contributed by atoms with E-state index in [4.69, 9.17) is 9.15 Å². The van der Waals surface area contributed by atoms with Crippen LogP contribution in [-0.2, 0) is 0 Å². The third kappa shape index (κ3) is 3.17. The third-order valence-corrected chi connectivity index (χ3v) is 2.55. The van der Waals surface area contributed by atoms with Gasteiger partial charge in [-0.1, -0.05) is 0 Å². The number of furan rings is 1. The lowest BCUT2D eigenvalue weighted by Crippen LogP contribution is -2.16. The van der Waals surface area contributed by atoms with Crippen LogP contribution in [-0.4, -0.2) is 24.3 Å². The first kappa shape index (κ1) is 13.7. The highest BCUT2D eigenvalue weighted by Crippen LogP contribution is 2.25. The summed E-state index contributed by atoms with van der Waals surface area (Å²) < 4.78 is 10.1. The Morgan fingerprint density at radius 2 is 2.20 bits per heavy atom. The first-order valence-corrected chi connectivity index (χ1v) is 5.87. The number of ether oxygens (including phenoxy) is 1. The molecule has 0 aliphatic rings. The number of methoxy groups -OCH3 is 1. The molecule has 1 aromatic carbocycles. The summed E-state index contributed by atoms with van der Waals surface area (Å²) in [5.41, 5.74) is 2.96. The van der Waals surface area contributed by atoms with Gasteiger partial charge in [0.2, 0.25) is 0 Å². The molecule has 20 heavy (non-hydrogen) atoms. The van der Waals surface area contributed by atoms with Crippen LogP contribution >= 0.6 is 0 Å². The standard InChI is InChI=1S/C14H14N2O4/c1-9-3-5-13(20-9)14(18)16-15-8-10-4-6-12(19-2)11(17)7-10/h3-8,17H,1-2H3,(H,16,18). The number of nitrogens with one attached hydrogen (secondary N) is 1. The topological polar surface area (TPSA) is 84.1 Å². The highest BCUT2D eigenvalue weighted by molar-refractivity contribution is 5.92. The van der Waals surface area contributed by atoms with Crippen LogP contribution in [0, 0.1) is 6.92 Å². The highest BCUT2D eigenvalue weighted by atomic mass is 16.5. The Balaban J connectivity index is 2.00. The molecule has 2 aromatic rings. The summed E-state index contributed by atoms with van der Waals surface area (Å²) in [4.78, 5) is 11.6. The summed E-state index contributed by atoms with van der Waals surface area (Å²) in [5.74, 6) is 0.783. The smallest absolute Gasteiger partial charge is 0.307 e. The van der Waals surface area contributed by atoms with Crippen molar-refractivity contribution >= 4 is 12.1 Å². The second kappa shape index (κ2) is 5.92. The summed E-state index contributed by atoms with van der Waals surface area (Å²) in [6.07, 6.45) is 1.41. The molecule has 0 saturated carbocycles. The molecule has 6 nitrogen and oxygen atoms in total. The Morgan fingerprint density at radius 3 is 2.80 bits per heavy atom. The maximum absolute atomic E-state index is 11.6. The number of hydrogen-bond acceptors (Lipinski definition) is 5. The average molecular weight is 274 g/mol. The second-order valence-corrected chi connectivity index (χ2v) is 4.04. The maximum atomic E-state index is 11.6. The number of amides is 1. The summed E-state index contributed by atoms with van der Waals surface area (Å²) in [6, 6.07) is 8.05. The lowest BCUT2D eigenvalue weighted by Gasteiger charge is -2.03. The van der Waals surface area contributed by atoms with Gasteiger partial charge in [-0.15, -0.1) is 0 Å². The molecule has 0 atom stereocenters. The molecule has 104 valence electrons. The van der Waals surface area contributed by atoms with Crippen molar-refractivity contribution in [2.24, 2.45) is 5.10 Å². The van der Waals surface area contributed by atoms with Gasteiger partial charge >= 0.3 is 5.91 Å². The van der Waals surface area contributed by atoms with Crippen molar-refractivity contribution in [3.05, 3.63) is 47.4 Å². The molecular formula is C14H14N2O4. The van der Waals surface area contributed by atoms with Gasteiger partial charge in [-0.05, 0) is 42.8 Å². The van der Waals surface area contributed by atoms with Gasteiger partial charge in [-0.25, -0.2) is 5.43 Å². The van der Waals surface area contributed by atoms with Gasteiger partial charge in [0.05, 0.1) is 13.3 Å². The van der Waals surface area contributed by atoms with Crippen LogP contribution in [0.25, 0.3) is 0 Å². The number of phenols is 1. The molecule has 1 aromatic heterocycles. The van der Waals surface area contributed by atoms with E-state index in [1.54, 1.807) is 31.2 Å². The zero-order valence-corrected chi connectivity index (χ0v) is 11.1. The van der Waals surface area contributed by atoms with Crippen molar-refractivity contribution in [2.75, 3.05) is 7.11 Å². The first-order valence-electron chi connectivity index (χ1n) is 5.87. The van der Waals surface area contributed by atoms with Crippen molar-refractivity contribution in [1.82, 2.24) is 5.43 Å². The SMILES string of the molecule is COc1ccc(C=NNC(=O)c2ccc(C)o2)cc1O. The van der Waals surface area contributed by atoms with E-state index in [0.717, 1.165) is 0 Å². The van der Waals surface area contributed by atoms with E-state index in [0.29, 0.717) is 17.1 Å². The number of rotatable bonds is 4. The van der Waals surface area contributed by atoms with Crippen molar-refractivity contribution in [2.45, 2.75) is 6.92 Å². The van der Waals surface area contributed by atoms with Crippen LogP contribution in [0.4, 0.5) is 0 Å². The number of nitrogens with zero attached hydrogens (tertiary/aromatic N) is 1. The Morgan fingerprint density at radius 1 is 1.40 bits per heavy atom. The van der Waals surface area contributed by atoms with E-state index in [1.807, 2.05) is 0 Å². The minimum Gasteiger partial charge on any atom is -0.504 e. The highest BCUT2D eigenvalue weighted by Gasteiger charge is 2.08. The van der Waals surface area contributed by atoms with Crippen LogP contribution in [0.1, 0.15) is 21.9 Å². The molecule has 0 bridgehead atoms. The number of hydrogen-bond donors (Lipinski definition) is 2. The molecule has 2 rings (SSSR count). The fourth-order valence-corrected chi connectivity index (χ4v) is 1.56. The summed E-state index contributed by atoms with van der Waals surface area (Å²) in [5, 5.41) is 13.4. The van der Waals surface area contributed by atoms with Crippen LogP contribution in [0.15, 0.2) is 39.9 Å². The Labute approximate surface area is 115 Å². The molecule has 0 radical (unpaired) electrons. The van der Waals surface area contributed by atoms with E-state index in [2.05, 4.69) is 10.5 Å². The van der Waals surface area contributed by atoms with Crippen molar-refractivity contribution in [3.8, 4) is 11.5 Å². The molecule has 1 heterocycles. The lowest BCUT2D eigenvalue weighted by molar-refractivity contribution is 0.0926. The van der Waals surface area contributed by atoms with Gasteiger partial charge in [0.15, 0.2) is 17.3 Å². The predicted molar refractivity (Wildman–Crippen MR) is 73.2 cm³/mol. The molecule has 0 fully saturated rings. The summed E-state index contributed by atoms with van der Waals surface area (Å²) in [7, 11) is 1.47. The van der Waals surface area contributed by atoms with Gasteiger partial charge in [-0.2, -0.15) is 5.10 Å². The summed E-state index contributed by atoms with van der Waals surface area (Å²) in [6.45, 7) is 1.75. The Kier molecular flexibility index (Phi) is 4.05. The maximum Gasteiger partial charge on any atom is 0.307 e. The normalized spacial score (nSPS) is 10.7. The third-order valence-electron chi connectivity index (χ3n) is 2.55. The molecule has 0 unspecified atom stereocenters. The number of hydrazone groups is 1. The quantitative estimate of drug-likeness (QED) is 0.660. The Hall–Kier alpha value is -2.76. The van der Waals surface area contributed by atoms with Gasteiger partial charge in [0, 0.05) is 0 Å². The Bertz CT molecular complexity index is 646. The number of carbonyl (C=O) groups excluding carboxylic acids is 1. The first-order chi connectivity index (χ1) is 9.60. The van der Waals surface area contributed by atoms with Gasteiger partial charge in [0.25, 0.3) is 0 Å². The monoisotopic (exact) mass is 274 g/mol. The average Bonchev–Trinajstić information content (AvgIpc) is 2.85. The van der Waals surface area contributed by atoms with Crippen molar-refractivity contribution < 1.29 is 19.1 Å². The minimum absolute atomic E-state index is 0.00411. The van der Waals surface area contributed by atoms with Gasteiger partial charge in [-0.3, -0.25) is 4.79 Å². The fourth-order valence-electron chi connectivity index (χ4n) is 1.56. The predicted octanol–water partition coefficient (Wildman–Crippen LogP) is 2.07. The second-order valence-electron chi connectivity index (χ2n) is 4.04. The van der Waals surface area contributed by atoms with E-state index < -0.39 is 5.91 Å². The van der Waals surface area contributed by atoms with Gasteiger partial charge in [0.1, 0.15) is 5.76 Å². The zero-order valence-electron chi connectivity index (χ0n) is 11.1. The minimum atomic E-state index is -0.438. The number of aromatic hydroxyl groups is 1. The largest absolute Gasteiger partial charge is 0.504 e. The molecular weight excluding hydrogens is 260 g/mol. The van der Waals surface area contributed by atoms with Crippen LogP contribution < -0.4 is 10.2 Å². The van der Waals surface area contributed by atoms with E-state index in [1.165, 1.54) is 19.4 Å². The van der Waals surface area contributed by atoms with Crippen LogP contribution in [0.5, 0.6) is 11.5 Å². The van der Waals surface area contributed by atoms with E-state index in [-0.39, 0.29) is 11.5 Å². The van der Waals surface area contributed by atoms with Crippen molar-refractivity contribution in [1.29, 1.82) is 0 Å². The van der Waals surface area contributed by atoms with Crippen molar-refractivity contribution in [3.63, 3.8) is 0 Å². The molecule has 6 heteroatoms. The van der Waals surface area contributed by atoms with Crippen LogP contribution in [0.2, 0.25) is 0 Å². The number of carbonyl (C=O) groups is 1. The van der Waals surface area contributed by atoms with Crippen LogP contribution in [0.3, 0.4) is 0 Å². The van der Waals surface area contributed by atoms with E-state index >= 15 is 0 Å². The number of benzene rings is 1. The molecule has 2 N–H and O–H groups in total. The molecule has 0 aliphatic carbocycles. The summed E-state index contributed by atoms with van der Waals surface area (Å²) >= 11 is 0. The molecule has 1 amide bonds. The van der Waals surface area contributed by atoms with Gasteiger partial charge < -0.3 is 14.3 Å². The zero-order chi connectivity index (χ0) is 14.5. The lowest BCUT2D eigenvalue weighted by atomic mass is 10.2.